The van der Waals surface area contributed by atoms with Crippen molar-refractivity contribution < 1.29 is 9.47 Å². The van der Waals surface area contributed by atoms with Crippen molar-refractivity contribution in [2.45, 2.75) is 38.8 Å². The van der Waals surface area contributed by atoms with Gasteiger partial charge in [0.2, 0.25) is 0 Å². The number of nitrogens with zero attached hydrogens (tertiary/aromatic N) is 1. The van der Waals surface area contributed by atoms with E-state index in [1.165, 1.54) is 18.4 Å². The Labute approximate surface area is 125 Å². The summed E-state index contributed by atoms with van der Waals surface area (Å²) >= 11 is 1.79. The summed E-state index contributed by atoms with van der Waals surface area (Å²) in [5.74, 6) is 0. The standard InChI is InChI=1S/C16H25NO2S/c1-2-18-13-16-6-3-8-19-15(16)4-7-17(12-16)10-14-5-9-20-11-14/h5,9,11,15H,2-4,6-8,10,12-13H2,1H3/t15-,16+/m0/s1. The van der Waals surface area contributed by atoms with Crippen molar-refractivity contribution in [1.82, 2.24) is 4.90 Å². The average Bonchev–Trinajstić information content (AvgIpc) is 2.98. The van der Waals surface area contributed by atoms with E-state index in [9.17, 15) is 0 Å². The molecule has 1 aromatic rings. The highest BCUT2D eigenvalue weighted by Gasteiger charge is 2.45. The number of piperidine rings is 1. The largest absolute Gasteiger partial charge is 0.381 e. The first kappa shape index (κ1) is 14.5. The predicted octanol–water partition coefficient (Wildman–Crippen LogP) is 3.16. The van der Waals surface area contributed by atoms with Crippen molar-refractivity contribution in [1.29, 1.82) is 0 Å². The third kappa shape index (κ3) is 3.08. The van der Waals surface area contributed by atoms with Gasteiger partial charge in [0.15, 0.2) is 0 Å². The van der Waals surface area contributed by atoms with E-state index >= 15 is 0 Å². The van der Waals surface area contributed by atoms with E-state index in [-0.39, 0.29) is 5.41 Å². The van der Waals surface area contributed by atoms with Gasteiger partial charge in [0, 0.05) is 38.3 Å². The number of hydrogen-bond donors (Lipinski definition) is 0. The van der Waals surface area contributed by atoms with Crippen LogP contribution in [0.1, 0.15) is 31.7 Å². The summed E-state index contributed by atoms with van der Waals surface area (Å²) in [5, 5.41) is 4.43. The van der Waals surface area contributed by atoms with Gasteiger partial charge in [-0.1, -0.05) is 0 Å². The molecule has 0 saturated carbocycles. The van der Waals surface area contributed by atoms with Gasteiger partial charge in [-0.3, -0.25) is 4.90 Å². The van der Waals surface area contributed by atoms with Gasteiger partial charge >= 0.3 is 0 Å². The van der Waals surface area contributed by atoms with Crippen LogP contribution in [0.15, 0.2) is 16.8 Å². The molecular formula is C16H25NO2S. The molecule has 0 amide bonds. The fourth-order valence-corrected chi connectivity index (χ4v) is 4.33. The second-order valence-corrected chi connectivity index (χ2v) is 6.87. The molecule has 2 aliphatic heterocycles. The Bertz CT molecular complexity index is 409. The predicted molar refractivity (Wildman–Crippen MR) is 82.1 cm³/mol. The van der Waals surface area contributed by atoms with Crippen molar-refractivity contribution in [2.24, 2.45) is 5.41 Å². The second-order valence-electron chi connectivity index (χ2n) is 6.09. The maximum absolute atomic E-state index is 6.06. The first-order valence-electron chi connectivity index (χ1n) is 7.75. The Morgan fingerprint density at radius 1 is 1.55 bits per heavy atom. The highest BCUT2D eigenvalue weighted by molar-refractivity contribution is 7.07. The molecule has 0 unspecified atom stereocenters. The fourth-order valence-electron chi connectivity index (χ4n) is 3.67. The molecule has 0 bridgehead atoms. The Morgan fingerprint density at radius 2 is 2.50 bits per heavy atom. The summed E-state index contributed by atoms with van der Waals surface area (Å²) in [6.45, 7) is 8.02. The summed E-state index contributed by atoms with van der Waals surface area (Å²) < 4.78 is 11.9. The van der Waals surface area contributed by atoms with Crippen molar-refractivity contribution >= 4 is 11.3 Å². The zero-order valence-corrected chi connectivity index (χ0v) is 13.2. The van der Waals surface area contributed by atoms with Gasteiger partial charge in [-0.25, -0.2) is 0 Å². The molecule has 0 aromatic carbocycles. The van der Waals surface area contributed by atoms with Gasteiger partial charge in [0.1, 0.15) is 0 Å². The van der Waals surface area contributed by atoms with Crippen LogP contribution in [-0.2, 0) is 16.0 Å². The van der Waals surface area contributed by atoms with E-state index in [1.807, 2.05) is 0 Å². The molecule has 2 aliphatic rings. The minimum Gasteiger partial charge on any atom is -0.381 e. The third-order valence-corrected chi connectivity index (χ3v) is 5.38. The van der Waals surface area contributed by atoms with Crippen LogP contribution in [0, 0.1) is 5.41 Å². The van der Waals surface area contributed by atoms with Crippen LogP contribution < -0.4 is 0 Å². The lowest BCUT2D eigenvalue weighted by atomic mass is 9.73. The Balaban J connectivity index is 1.68. The maximum atomic E-state index is 6.06. The molecule has 0 radical (unpaired) electrons. The maximum Gasteiger partial charge on any atom is 0.0677 e. The van der Waals surface area contributed by atoms with Crippen LogP contribution in [0.4, 0.5) is 0 Å². The summed E-state index contributed by atoms with van der Waals surface area (Å²) in [7, 11) is 0. The molecule has 4 heteroatoms. The van der Waals surface area contributed by atoms with Crippen molar-refractivity contribution in [3.05, 3.63) is 22.4 Å². The zero-order valence-electron chi connectivity index (χ0n) is 12.3. The zero-order chi connectivity index (χ0) is 13.8. The Morgan fingerprint density at radius 3 is 3.30 bits per heavy atom. The van der Waals surface area contributed by atoms with Gasteiger partial charge in [0.25, 0.3) is 0 Å². The van der Waals surface area contributed by atoms with E-state index < -0.39 is 0 Å². The van der Waals surface area contributed by atoms with Gasteiger partial charge in [0.05, 0.1) is 12.7 Å². The Kier molecular flexibility index (Phi) is 4.76. The molecule has 0 N–H and O–H groups in total. The lowest BCUT2D eigenvalue weighted by Gasteiger charge is -2.50. The molecule has 0 spiro atoms. The first-order valence-corrected chi connectivity index (χ1v) is 8.69. The molecule has 1 aromatic heterocycles. The normalized spacial score (nSPS) is 31.1. The van der Waals surface area contributed by atoms with Crippen LogP contribution >= 0.6 is 11.3 Å². The van der Waals surface area contributed by atoms with Gasteiger partial charge < -0.3 is 9.47 Å². The second kappa shape index (κ2) is 6.56. The van der Waals surface area contributed by atoms with Crippen LogP contribution in [-0.4, -0.2) is 43.9 Å². The number of rotatable bonds is 5. The molecular weight excluding hydrogens is 270 g/mol. The van der Waals surface area contributed by atoms with Crippen molar-refractivity contribution in [3.8, 4) is 0 Å². The average molecular weight is 295 g/mol. The van der Waals surface area contributed by atoms with Gasteiger partial charge in [-0.15, -0.1) is 0 Å². The Hall–Kier alpha value is -0.420. The summed E-state index contributed by atoms with van der Waals surface area (Å²) in [5.41, 5.74) is 1.67. The smallest absolute Gasteiger partial charge is 0.0677 e. The molecule has 3 rings (SSSR count). The number of ether oxygens (including phenoxy) is 2. The molecule has 2 fully saturated rings. The van der Waals surface area contributed by atoms with E-state index in [0.717, 1.165) is 45.9 Å². The summed E-state index contributed by atoms with van der Waals surface area (Å²) in [6, 6.07) is 2.24. The van der Waals surface area contributed by atoms with Crippen molar-refractivity contribution in [2.75, 3.05) is 32.9 Å². The fraction of sp³-hybridized carbons (Fsp3) is 0.750. The van der Waals surface area contributed by atoms with Crippen LogP contribution in [0.2, 0.25) is 0 Å². The highest BCUT2D eigenvalue weighted by Crippen LogP contribution is 2.40. The lowest BCUT2D eigenvalue weighted by Crippen LogP contribution is -2.56. The van der Waals surface area contributed by atoms with Crippen LogP contribution in [0.5, 0.6) is 0 Å². The van der Waals surface area contributed by atoms with Crippen LogP contribution in [0.3, 0.4) is 0 Å². The molecule has 3 nitrogen and oxygen atoms in total. The molecule has 2 atom stereocenters. The van der Waals surface area contributed by atoms with Gasteiger partial charge in [-0.05, 0) is 48.6 Å². The quantitative estimate of drug-likeness (QED) is 0.833. The van der Waals surface area contributed by atoms with E-state index in [2.05, 4.69) is 28.7 Å². The van der Waals surface area contributed by atoms with Gasteiger partial charge in [-0.2, -0.15) is 11.3 Å². The number of thiophene rings is 1. The third-order valence-electron chi connectivity index (χ3n) is 4.65. The first-order chi connectivity index (χ1) is 9.82. The van der Waals surface area contributed by atoms with E-state index in [4.69, 9.17) is 9.47 Å². The molecule has 20 heavy (non-hydrogen) atoms. The lowest BCUT2D eigenvalue weighted by molar-refractivity contribution is -0.153. The molecule has 112 valence electrons. The van der Waals surface area contributed by atoms with Crippen molar-refractivity contribution in [3.63, 3.8) is 0 Å². The SMILES string of the molecule is CCOC[C@]12CCCO[C@H]1CCN(Cc1ccsc1)C2. The topological polar surface area (TPSA) is 21.7 Å². The monoisotopic (exact) mass is 295 g/mol. The number of likely N-dealkylation sites (tertiary alicyclic amines) is 1. The number of hydrogen-bond acceptors (Lipinski definition) is 4. The van der Waals surface area contributed by atoms with Crippen LogP contribution in [0.25, 0.3) is 0 Å². The summed E-state index contributed by atoms with van der Waals surface area (Å²) in [6.07, 6.45) is 3.98. The molecule has 0 aliphatic carbocycles. The van der Waals surface area contributed by atoms with E-state index in [1.54, 1.807) is 11.3 Å². The minimum atomic E-state index is 0.225. The minimum absolute atomic E-state index is 0.225. The molecule has 2 saturated heterocycles. The molecule has 3 heterocycles. The summed E-state index contributed by atoms with van der Waals surface area (Å²) in [4.78, 5) is 2.59. The number of fused-ring (bicyclic) bond motifs is 1. The van der Waals surface area contributed by atoms with E-state index in [0.29, 0.717) is 6.10 Å². The highest BCUT2D eigenvalue weighted by atomic mass is 32.1.